The van der Waals surface area contributed by atoms with Gasteiger partial charge in [-0.05, 0) is 43.3 Å². The maximum Gasteiger partial charge on any atom is 0.338 e. The summed E-state index contributed by atoms with van der Waals surface area (Å²) in [5.41, 5.74) is 1.53. The molecule has 0 aliphatic carbocycles. The lowest BCUT2D eigenvalue weighted by molar-refractivity contribution is 0.0469. The third kappa shape index (κ3) is 3.96. The molecule has 0 aromatic heterocycles. The molecular formula is C20H20O6. The molecule has 1 heterocycles. The maximum absolute atomic E-state index is 12.4. The summed E-state index contributed by atoms with van der Waals surface area (Å²) in [6, 6.07) is 9.99. The second kappa shape index (κ2) is 7.91. The Balaban J connectivity index is 1.74. The van der Waals surface area contributed by atoms with Crippen LogP contribution in [0.15, 0.2) is 36.4 Å². The van der Waals surface area contributed by atoms with Gasteiger partial charge in [0.05, 0.1) is 25.9 Å². The number of esters is 1. The van der Waals surface area contributed by atoms with Crippen LogP contribution in [0.5, 0.6) is 17.2 Å². The standard InChI is InChI=1S/C20H20O6/c1-13(21)14-4-6-17(23-2)16(10-14)12-26-20(22)15-5-7-18-19(11-15)25-9-3-8-24-18/h4-7,10-11H,3,8-9,12H2,1-2H3. The van der Waals surface area contributed by atoms with Crippen molar-refractivity contribution in [1.29, 1.82) is 0 Å². The van der Waals surface area contributed by atoms with Crippen LogP contribution in [0.3, 0.4) is 0 Å². The van der Waals surface area contributed by atoms with Gasteiger partial charge in [-0.1, -0.05) is 0 Å². The van der Waals surface area contributed by atoms with Gasteiger partial charge in [0.25, 0.3) is 0 Å². The molecule has 0 spiro atoms. The first-order chi connectivity index (χ1) is 12.6. The Kier molecular flexibility index (Phi) is 5.41. The van der Waals surface area contributed by atoms with E-state index in [4.69, 9.17) is 18.9 Å². The lowest BCUT2D eigenvalue weighted by atomic mass is 10.1. The average molecular weight is 356 g/mol. The zero-order valence-corrected chi connectivity index (χ0v) is 14.7. The van der Waals surface area contributed by atoms with Crippen LogP contribution in [0.25, 0.3) is 0 Å². The molecule has 0 saturated heterocycles. The normalized spacial score (nSPS) is 12.8. The van der Waals surface area contributed by atoms with Crippen molar-refractivity contribution in [1.82, 2.24) is 0 Å². The number of benzene rings is 2. The summed E-state index contributed by atoms with van der Waals surface area (Å²) in [6.45, 7) is 2.61. The van der Waals surface area contributed by atoms with Crippen molar-refractivity contribution < 1.29 is 28.5 Å². The van der Waals surface area contributed by atoms with Gasteiger partial charge in [-0.2, -0.15) is 0 Å². The molecule has 2 aromatic rings. The summed E-state index contributed by atoms with van der Waals surface area (Å²) in [4.78, 5) is 23.9. The first kappa shape index (κ1) is 17.8. The predicted molar refractivity (Wildman–Crippen MR) is 94.2 cm³/mol. The Morgan fingerprint density at radius 1 is 1.00 bits per heavy atom. The van der Waals surface area contributed by atoms with Gasteiger partial charge in [0.2, 0.25) is 0 Å². The van der Waals surface area contributed by atoms with Crippen LogP contribution in [-0.2, 0) is 11.3 Å². The van der Waals surface area contributed by atoms with Crippen molar-refractivity contribution >= 4 is 11.8 Å². The monoisotopic (exact) mass is 356 g/mol. The fraction of sp³-hybridized carbons (Fsp3) is 0.300. The molecule has 0 bridgehead atoms. The number of fused-ring (bicyclic) bond motifs is 1. The number of hydrogen-bond acceptors (Lipinski definition) is 6. The lowest BCUT2D eigenvalue weighted by Gasteiger charge is -2.12. The maximum atomic E-state index is 12.4. The molecule has 0 unspecified atom stereocenters. The molecule has 2 aromatic carbocycles. The molecule has 0 amide bonds. The second-order valence-corrected chi connectivity index (χ2v) is 5.87. The van der Waals surface area contributed by atoms with E-state index in [0.29, 0.717) is 47.2 Å². The minimum atomic E-state index is -0.490. The zero-order valence-electron chi connectivity index (χ0n) is 14.7. The van der Waals surface area contributed by atoms with E-state index in [1.165, 1.54) is 14.0 Å². The average Bonchev–Trinajstić information content (AvgIpc) is 2.90. The van der Waals surface area contributed by atoms with E-state index in [1.807, 2.05) is 0 Å². The minimum Gasteiger partial charge on any atom is -0.496 e. The van der Waals surface area contributed by atoms with Crippen molar-refractivity contribution in [3.05, 3.63) is 53.1 Å². The van der Waals surface area contributed by atoms with Crippen molar-refractivity contribution in [2.75, 3.05) is 20.3 Å². The number of carbonyl (C=O) groups is 2. The Morgan fingerprint density at radius 2 is 1.73 bits per heavy atom. The van der Waals surface area contributed by atoms with Gasteiger partial charge in [-0.3, -0.25) is 4.79 Å². The number of methoxy groups -OCH3 is 1. The SMILES string of the molecule is COc1ccc(C(C)=O)cc1COC(=O)c1ccc2c(c1)OCCCO2. The fourth-order valence-corrected chi connectivity index (χ4v) is 2.63. The molecular weight excluding hydrogens is 336 g/mol. The van der Waals surface area contributed by atoms with Gasteiger partial charge in [0, 0.05) is 17.5 Å². The highest BCUT2D eigenvalue weighted by Gasteiger charge is 2.16. The van der Waals surface area contributed by atoms with E-state index in [-0.39, 0.29) is 12.4 Å². The molecule has 0 radical (unpaired) electrons. The topological polar surface area (TPSA) is 71.1 Å². The predicted octanol–water partition coefficient (Wildman–Crippen LogP) is 3.42. The molecule has 1 aliphatic heterocycles. The van der Waals surface area contributed by atoms with Crippen molar-refractivity contribution in [3.8, 4) is 17.2 Å². The van der Waals surface area contributed by atoms with Crippen molar-refractivity contribution in [3.63, 3.8) is 0 Å². The summed E-state index contributed by atoms with van der Waals surface area (Å²) in [5.74, 6) is 1.16. The molecule has 136 valence electrons. The van der Waals surface area contributed by atoms with E-state index in [1.54, 1.807) is 36.4 Å². The Morgan fingerprint density at radius 3 is 2.46 bits per heavy atom. The number of carbonyl (C=O) groups excluding carboxylic acids is 2. The summed E-state index contributed by atoms with van der Waals surface area (Å²) >= 11 is 0. The van der Waals surface area contributed by atoms with Crippen LogP contribution in [0, 0.1) is 0 Å². The highest BCUT2D eigenvalue weighted by molar-refractivity contribution is 5.94. The first-order valence-corrected chi connectivity index (χ1v) is 8.33. The van der Waals surface area contributed by atoms with Crippen molar-refractivity contribution in [2.45, 2.75) is 20.0 Å². The Bertz CT molecular complexity index is 827. The highest BCUT2D eigenvalue weighted by atomic mass is 16.5. The summed E-state index contributed by atoms with van der Waals surface area (Å²) in [5, 5.41) is 0. The smallest absolute Gasteiger partial charge is 0.338 e. The Hall–Kier alpha value is -3.02. The van der Waals surface area contributed by atoms with Gasteiger partial charge in [-0.15, -0.1) is 0 Å². The van der Waals surface area contributed by atoms with E-state index in [9.17, 15) is 9.59 Å². The van der Waals surface area contributed by atoms with Crippen LogP contribution >= 0.6 is 0 Å². The molecule has 6 nitrogen and oxygen atoms in total. The van der Waals surface area contributed by atoms with Crippen LogP contribution in [0.1, 0.15) is 39.6 Å². The summed E-state index contributed by atoms with van der Waals surface area (Å²) in [7, 11) is 1.53. The van der Waals surface area contributed by atoms with Crippen LogP contribution in [0.4, 0.5) is 0 Å². The number of ketones is 1. The van der Waals surface area contributed by atoms with Gasteiger partial charge in [0.15, 0.2) is 17.3 Å². The molecule has 0 N–H and O–H groups in total. The first-order valence-electron chi connectivity index (χ1n) is 8.33. The van der Waals surface area contributed by atoms with Crippen molar-refractivity contribution in [2.24, 2.45) is 0 Å². The number of hydrogen-bond donors (Lipinski definition) is 0. The number of Topliss-reactive ketones (excluding diaryl/α,β-unsaturated/α-hetero) is 1. The van der Waals surface area contributed by atoms with Gasteiger partial charge < -0.3 is 18.9 Å². The molecule has 0 atom stereocenters. The molecule has 3 rings (SSSR count). The van der Waals surface area contributed by atoms with Gasteiger partial charge in [-0.25, -0.2) is 4.79 Å². The van der Waals surface area contributed by atoms with Crippen LogP contribution < -0.4 is 14.2 Å². The summed E-state index contributed by atoms with van der Waals surface area (Å²) in [6.07, 6.45) is 0.792. The third-order valence-corrected chi connectivity index (χ3v) is 4.03. The van der Waals surface area contributed by atoms with Crippen LogP contribution in [-0.4, -0.2) is 32.1 Å². The second-order valence-electron chi connectivity index (χ2n) is 5.87. The minimum absolute atomic E-state index is 0.00241. The zero-order chi connectivity index (χ0) is 18.5. The van der Waals surface area contributed by atoms with E-state index in [0.717, 1.165) is 6.42 Å². The Labute approximate surface area is 151 Å². The lowest BCUT2D eigenvalue weighted by Crippen LogP contribution is -2.07. The molecule has 1 aliphatic rings. The van der Waals surface area contributed by atoms with E-state index in [2.05, 4.69) is 0 Å². The highest BCUT2D eigenvalue weighted by Crippen LogP contribution is 2.31. The van der Waals surface area contributed by atoms with E-state index >= 15 is 0 Å². The van der Waals surface area contributed by atoms with E-state index < -0.39 is 5.97 Å². The fourth-order valence-electron chi connectivity index (χ4n) is 2.63. The van der Waals surface area contributed by atoms with Gasteiger partial charge in [0.1, 0.15) is 12.4 Å². The largest absolute Gasteiger partial charge is 0.496 e. The molecule has 0 saturated carbocycles. The molecule has 26 heavy (non-hydrogen) atoms. The number of ether oxygens (including phenoxy) is 4. The van der Waals surface area contributed by atoms with Crippen LogP contribution in [0.2, 0.25) is 0 Å². The van der Waals surface area contributed by atoms with Gasteiger partial charge >= 0.3 is 5.97 Å². The number of rotatable bonds is 5. The summed E-state index contributed by atoms with van der Waals surface area (Å²) < 4.78 is 21.8. The molecule has 6 heteroatoms. The third-order valence-electron chi connectivity index (χ3n) is 4.03. The quantitative estimate of drug-likeness (QED) is 0.604. The molecule has 0 fully saturated rings.